The lowest BCUT2D eigenvalue weighted by Crippen LogP contribution is -2.58. The molecule has 2 fully saturated rings. The average molecular weight is 704 g/mol. The van der Waals surface area contributed by atoms with Gasteiger partial charge in [0, 0.05) is 48.7 Å². The monoisotopic (exact) mass is 703 g/mol. The number of hydrogen-bond donors (Lipinski definition) is 1. The van der Waals surface area contributed by atoms with Crippen molar-refractivity contribution in [3.63, 3.8) is 0 Å². The number of hydrogen-bond acceptors (Lipinski definition) is 6. The average Bonchev–Trinajstić information content (AvgIpc) is 2.91. The summed E-state index contributed by atoms with van der Waals surface area (Å²) >= 11 is 14.9. The third-order valence-electron chi connectivity index (χ3n) is 7.45. The number of likely N-dealkylation sites (N-methyl/N-ethyl adjacent to an activating group) is 2. The Bertz CT molecular complexity index is 1180. The first-order valence-electron chi connectivity index (χ1n) is 13.4. The number of nitrogens with one attached hydrogen (secondary N) is 1. The molecule has 218 valence electrons. The van der Waals surface area contributed by atoms with Gasteiger partial charge in [-0.1, -0.05) is 51.9 Å². The molecule has 2 aliphatic heterocycles. The fourth-order valence-electron chi connectivity index (χ4n) is 4.70. The van der Waals surface area contributed by atoms with Crippen LogP contribution in [0.5, 0.6) is 5.75 Å². The SMILES string of the molecule is CN(C(=O)N[C@H](Cc1ccc(Cl)cc1Cl)C(=O)N1CCC(c2ncccc2OC[C@@H](I)N(C)C)CC1)C1COC1. The number of aromatic nitrogens is 1. The lowest BCUT2D eigenvalue weighted by atomic mass is 9.91. The van der Waals surface area contributed by atoms with E-state index in [0.717, 1.165) is 29.8 Å². The van der Waals surface area contributed by atoms with Gasteiger partial charge in [0.05, 0.1) is 29.0 Å². The number of alkyl halides is 1. The second-order valence-electron chi connectivity index (χ2n) is 10.4. The molecule has 1 aromatic carbocycles. The van der Waals surface area contributed by atoms with Crippen LogP contribution >= 0.6 is 45.8 Å². The van der Waals surface area contributed by atoms with E-state index in [1.165, 1.54) is 0 Å². The van der Waals surface area contributed by atoms with Crippen molar-refractivity contribution in [2.45, 2.75) is 41.3 Å². The molecule has 2 aliphatic rings. The molecule has 3 heterocycles. The summed E-state index contributed by atoms with van der Waals surface area (Å²) in [6, 6.07) is 7.95. The van der Waals surface area contributed by atoms with Gasteiger partial charge in [0.25, 0.3) is 0 Å². The molecule has 1 aromatic heterocycles. The Morgan fingerprint density at radius 1 is 1.20 bits per heavy atom. The Labute approximate surface area is 259 Å². The van der Waals surface area contributed by atoms with Crippen LogP contribution in [0.1, 0.15) is 30.0 Å². The summed E-state index contributed by atoms with van der Waals surface area (Å²) in [4.78, 5) is 37.0. The predicted molar refractivity (Wildman–Crippen MR) is 165 cm³/mol. The third kappa shape index (κ3) is 7.90. The number of amides is 3. The minimum absolute atomic E-state index is 0.000565. The molecule has 2 saturated heterocycles. The van der Waals surface area contributed by atoms with E-state index in [1.54, 1.807) is 36.3 Å². The maximum absolute atomic E-state index is 13.8. The molecule has 0 radical (unpaired) electrons. The topological polar surface area (TPSA) is 87.2 Å². The summed E-state index contributed by atoms with van der Waals surface area (Å²) in [5.41, 5.74) is 1.68. The van der Waals surface area contributed by atoms with Crippen LogP contribution in [0.2, 0.25) is 10.0 Å². The van der Waals surface area contributed by atoms with Crippen LogP contribution < -0.4 is 10.1 Å². The van der Waals surface area contributed by atoms with Crippen LogP contribution in [-0.2, 0) is 16.0 Å². The zero-order valence-electron chi connectivity index (χ0n) is 23.0. The minimum atomic E-state index is -0.772. The Morgan fingerprint density at radius 3 is 2.55 bits per heavy atom. The molecule has 0 saturated carbocycles. The molecule has 12 heteroatoms. The molecule has 1 N–H and O–H groups in total. The lowest BCUT2D eigenvalue weighted by Gasteiger charge is -2.37. The molecule has 9 nitrogen and oxygen atoms in total. The van der Waals surface area contributed by atoms with Gasteiger partial charge in [-0.25, -0.2) is 4.79 Å². The third-order valence-corrected chi connectivity index (χ3v) is 9.51. The van der Waals surface area contributed by atoms with E-state index in [9.17, 15) is 9.59 Å². The van der Waals surface area contributed by atoms with E-state index in [-0.39, 0.29) is 34.4 Å². The Morgan fingerprint density at radius 2 is 1.93 bits per heavy atom. The molecule has 2 aromatic rings. The molecule has 3 amide bonds. The first kappa shape index (κ1) is 31.1. The number of carbonyl (C=O) groups is 2. The molecule has 0 aliphatic carbocycles. The molecule has 0 spiro atoms. The highest BCUT2D eigenvalue weighted by molar-refractivity contribution is 14.1. The minimum Gasteiger partial charge on any atom is -0.489 e. The summed E-state index contributed by atoms with van der Waals surface area (Å²) in [6.45, 7) is 2.65. The number of benzene rings is 1. The summed E-state index contributed by atoms with van der Waals surface area (Å²) in [5.74, 6) is 0.837. The number of likely N-dealkylation sites (tertiary alicyclic amines) is 1. The normalized spacial score (nSPS) is 17.7. The Balaban J connectivity index is 1.43. The van der Waals surface area contributed by atoms with Crippen LogP contribution in [-0.4, -0.2) is 102 Å². The number of urea groups is 1. The summed E-state index contributed by atoms with van der Waals surface area (Å²) in [6.07, 6.45) is 3.56. The van der Waals surface area contributed by atoms with Gasteiger partial charge in [0.2, 0.25) is 5.91 Å². The number of pyridine rings is 1. The predicted octanol–water partition coefficient (Wildman–Crippen LogP) is 4.45. The Hall–Kier alpha value is -1.86. The van der Waals surface area contributed by atoms with E-state index < -0.39 is 6.04 Å². The largest absolute Gasteiger partial charge is 0.489 e. The number of halogens is 3. The van der Waals surface area contributed by atoms with E-state index in [1.807, 2.05) is 31.1 Å². The first-order chi connectivity index (χ1) is 19.1. The van der Waals surface area contributed by atoms with Gasteiger partial charge in [0.15, 0.2) is 0 Å². The molecular formula is C28H36Cl2IN5O4. The highest BCUT2D eigenvalue weighted by Crippen LogP contribution is 2.33. The fourth-order valence-corrected chi connectivity index (χ4v) is 5.37. The molecule has 0 bridgehead atoms. The maximum atomic E-state index is 13.8. The van der Waals surface area contributed by atoms with E-state index >= 15 is 0 Å². The summed E-state index contributed by atoms with van der Waals surface area (Å²) in [7, 11) is 5.76. The van der Waals surface area contributed by atoms with Crippen LogP contribution in [0, 0.1) is 0 Å². The molecule has 2 atom stereocenters. The number of rotatable bonds is 10. The maximum Gasteiger partial charge on any atom is 0.318 e. The second kappa shape index (κ2) is 14.4. The standard InChI is InChI=1S/C28H36Cl2IN5O4/c1-34(2)25(31)17-40-24-5-4-10-32-26(24)18-8-11-36(12-9-18)27(37)23(13-19-6-7-20(29)14-22(19)30)33-28(38)35(3)21-15-39-16-21/h4-7,10,14,18,21,23,25H,8-9,11-13,15-17H2,1-3H3,(H,33,38)/t23-,25+/m1/s1. The lowest BCUT2D eigenvalue weighted by molar-refractivity contribution is -0.134. The van der Waals surface area contributed by atoms with Crippen LogP contribution in [0.15, 0.2) is 36.5 Å². The van der Waals surface area contributed by atoms with E-state index in [0.29, 0.717) is 43.0 Å². The van der Waals surface area contributed by atoms with Crippen molar-refractivity contribution in [2.24, 2.45) is 0 Å². The van der Waals surface area contributed by atoms with Gasteiger partial charge in [-0.15, -0.1) is 0 Å². The van der Waals surface area contributed by atoms with Crippen molar-refractivity contribution in [3.8, 4) is 5.75 Å². The quantitative estimate of drug-likeness (QED) is 0.224. The highest BCUT2D eigenvalue weighted by Gasteiger charge is 2.34. The Kier molecular flexibility index (Phi) is 11.2. The summed E-state index contributed by atoms with van der Waals surface area (Å²) in [5, 5.41) is 3.93. The van der Waals surface area contributed by atoms with Crippen LogP contribution in [0.3, 0.4) is 0 Å². The van der Waals surface area contributed by atoms with Crippen molar-refractivity contribution in [1.29, 1.82) is 0 Å². The van der Waals surface area contributed by atoms with Crippen molar-refractivity contribution in [2.75, 3.05) is 54.1 Å². The smallest absolute Gasteiger partial charge is 0.318 e. The number of nitrogens with zero attached hydrogens (tertiary/aromatic N) is 4. The van der Waals surface area contributed by atoms with Gasteiger partial charge in [-0.3, -0.25) is 14.7 Å². The number of ether oxygens (including phenoxy) is 2. The van der Waals surface area contributed by atoms with Crippen molar-refractivity contribution in [1.82, 2.24) is 25.0 Å². The van der Waals surface area contributed by atoms with E-state index in [4.69, 9.17) is 32.7 Å². The van der Waals surface area contributed by atoms with Crippen LogP contribution in [0.4, 0.5) is 4.79 Å². The zero-order valence-corrected chi connectivity index (χ0v) is 26.7. The van der Waals surface area contributed by atoms with Gasteiger partial charge in [-0.2, -0.15) is 0 Å². The molecule has 4 rings (SSSR count). The van der Waals surface area contributed by atoms with Crippen molar-refractivity contribution >= 4 is 57.7 Å². The van der Waals surface area contributed by atoms with Crippen molar-refractivity contribution in [3.05, 3.63) is 57.8 Å². The second-order valence-corrected chi connectivity index (χ2v) is 12.7. The number of carbonyl (C=O) groups excluding carboxylic acids is 2. The van der Waals surface area contributed by atoms with Crippen LogP contribution in [0.25, 0.3) is 0 Å². The van der Waals surface area contributed by atoms with Gasteiger partial charge in [0.1, 0.15) is 18.4 Å². The first-order valence-corrected chi connectivity index (χ1v) is 15.4. The fraction of sp³-hybridized carbons (Fsp3) is 0.536. The summed E-state index contributed by atoms with van der Waals surface area (Å²) < 4.78 is 11.6. The highest BCUT2D eigenvalue weighted by atomic mass is 127. The number of piperidine rings is 1. The zero-order chi connectivity index (χ0) is 28.8. The van der Waals surface area contributed by atoms with Gasteiger partial charge >= 0.3 is 6.03 Å². The van der Waals surface area contributed by atoms with Gasteiger partial charge in [-0.05, 0) is 56.8 Å². The van der Waals surface area contributed by atoms with Gasteiger partial charge < -0.3 is 24.6 Å². The molecule has 0 unspecified atom stereocenters. The van der Waals surface area contributed by atoms with Crippen molar-refractivity contribution < 1.29 is 19.1 Å². The van der Waals surface area contributed by atoms with E-state index in [2.05, 4.69) is 37.8 Å². The molecule has 40 heavy (non-hydrogen) atoms. The molecular weight excluding hydrogens is 668 g/mol.